The van der Waals surface area contributed by atoms with Gasteiger partial charge in [0, 0.05) is 6.54 Å². The summed E-state index contributed by atoms with van der Waals surface area (Å²) in [6.45, 7) is 5.38. The lowest BCUT2D eigenvalue weighted by atomic mass is 9.89. The quantitative estimate of drug-likeness (QED) is 0.833. The van der Waals surface area contributed by atoms with Crippen LogP contribution in [0.1, 0.15) is 39.5 Å². The van der Waals surface area contributed by atoms with E-state index in [4.69, 9.17) is 10.5 Å². The number of morpholine rings is 1. The van der Waals surface area contributed by atoms with Gasteiger partial charge in [0.25, 0.3) is 0 Å². The van der Waals surface area contributed by atoms with Crippen molar-refractivity contribution in [3.8, 4) is 0 Å². The predicted molar refractivity (Wildman–Crippen MR) is 73.8 cm³/mol. The van der Waals surface area contributed by atoms with E-state index in [2.05, 4.69) is 0 Å². The molecule has 1 aliphatic carbocycles. The second-order valence-corrected chi connectivity index (χ2v) is 5.56. The molecular weight excluding hydrogens is 252 g/mol. The van der Waals surface area contributed by atoms with E-state index in [0.717, 1.165) is 12.8 Å². The highest BCUT2D eigenvalue weighted by atomic mass is 35.5. The lowest BCUT2D eigenvalue weighted by molar-refractivity contribution is -0.151. The number of amides is 1. The van der Waals surface area contributed by atoms with Crippen LogP contribution in [0.3, 0.4) is 0 Å². The highest BCUT2D eigenvalue weighted by Crippen LogP contribution is 2.29. The summed E-state index contributed by atoms with van der Waals surface area (Å²) < 4.78 is 5.77. The Morgan fingerprint density at radius 1 is 1.33 bits per heavy atom. The first-order chi connectivity index (χ1) is 8.11. The van der Waals surface area contributed by atoms with Crippen molar-refractivity contribution in [1.29, 1.82) is 0 Å². The maximum atomic E-state index is 12.3. The molecule has 1 saturated heterocycles. The lowest BCUT2D eigenvalue weighted by Crippen LogP contribution is -2.59. The minimum absolute atomic E-state index is 0. The van der Waals surface area contributed by atoms with E-state index in [9.17, 15) is 4.79 Å². The number of ether oxygens (including phenoxy) is 1. The number of hydrogen-bond acceptors (Lipinski definition) is 3. The van der Waals surface area contributed by atoms with Gasteiger partial charge in [-0.2, -0.15) is 0 Å². The maximum Gasteiger partial charge on any atom is 0.240 e. The number of rotatable bonds is 2. The first-order valence-electron chi connectivity index (χ1n) is 6.79. The van der Waals surface area contributed by atoms with Gasteiger partial charge in [-0.05, 0) is 18.8 Å². The zero-order chi connectivity index (χ0) is 12.4. The van der Waals surface area contributed by atoms with Gasteiger partial charge in [0.15, 0.2) is 0 Å². The molecule has 106 valence electrons. The average Bonchev–Trinajstić information content (AvgIpc) is 2.36. The zero-order valence-corrected chi connectivity index (χ0v) is 12.1. The van der Waals surface area contributed by atoms with Crippen LogP contribution in [0.25, 0.3) is 0 Å². The molecule has 0 spiro atoms. The maximum absolute atomic E-state index is 12.3. The lowest BCUT2D eigenvalue weighted by Gasteiger charge is -2.44. The van der Waals surface area contributed by atoms with Crippen molar-refractivity contribution in [3.05, 3.63) is 0 Å². The number of carbonyl (C=O) groups is 1. The van der Waals surface area contributed by atoms with Crippen LogP contribution in [0.4, 0.5) is 0 Å². The fourth-order valence-electron chi connectivity index (χ4n) is 2.85. The van der Waals surface area contributed by atoms with Crippen LogP contribution in [-0.2, 0) is 9.53 Å². The molecule has 0 bridgehead atoms. The number of nitrogens with zero attached hydrogens (tertiary/aromatic N) is 1. The SMILES string of the molecule is CC(C)[C@@H](N)C(=O)N1CCOC2CCCCC21.Cl. The molecule has 2 rings (SSSR count). The van der Waals surface area contributed by atoms with Crippen LogP contribution in [0.15, 0.2) is 0 Å². The minimum Gasteiger partial charge on any atom is -0.374 e. The Balaban J connectivity index is 0.00000162. The highest BCUT2D eigenvalue weighted by Gasteiger charge is 2.38. The van der Waals surface area contributed by atoms with Gasteiger partial charge >= 0.3 is 0 Å². The number of hydrogen-bond donors (Lipinski definition) is 1. The number of fused-ring (bicyclic) bond motifs is 1. The number of nitrogens with two attached hydrogens (primary N) is 1. The van der Waals surface area contributed by atoms with Crippen LogP contribution in [0.5, 0.6) is 0 Å². The summed E-state index contributed by atoms with van der Waals surface area (Å²) in [5, 5.41) is 0. The van der Waals surface area contributed by atoms with Crippen LogP contribution < -0.4 is 5.73 Å². The van der Waals surface area contributed by atoms with Gasteiger partial charge in [0.2, 0.25) is 5.91 Å². The van der Waals surface area contributed by atoms with E-state index in [-0.39, 0.29) is 42.4 Å². The fourth-order valence-corrected chi connectivity index (χ4v) is 2.85. The van der Waals surface area contributed by atoms with Crippen molar-refractivity contribution >= 4 is 18.3 Å². The molecule has 0 aromatic rings. The molecule has 0 aromatic heterocycles. The van der Waals surface area contributed by atoms with Crippen molar-refractivity contribution in [2.75, 3.05) is 13.2 Å². The molecule has 2 aliphatic rings. The molecule has 5 heteroatoms. The Morgan fingerprint density at radius 3 is 2.67 bits per heavy atom. The molecule has 1 aliphatic heterocycles. The van der Waals surface area contributed by atoms with Gasteiger partial charge < -0.3 is 15.4 Å². The average molecular weight is 277 g/mol. The van der Waals surface area contributed by atoms with Crippen LogP contribution in [0, 0.1) is 5.92 Å². The minimum atomic E-state index is -0.365. The molecule has 4 nitrogen and oxygen atoms in total. The van der Waals surface area contributed by atoms with Crippen molar-refractivity contribution in [3.63, 3.8) is 0 Å². The van der Waals surface area contributed by atoms with Crippen molar-refractivity contribution in [2.45, 2.75) is 57.7 Å². The summed E-state index contributed by atoms with van der Waals surface area (Å²) in [4.78, 5) is 14.3. The van der Waals surface area contributed by atoms with Crippen molar-refractivity contribution in [2.24, 2.45) is 11.7 Å². The molecule has 0 aromatic carbocycles. The molecule has 3 atom stereocenters. The Kier molecular flexibility index (Phi) is 5.89. The summed E-state index contributed by atoms with van der Waals surface area (Å²) in [7, 11) is 0. The third-order valence-electron chi connectivity index (χ3n) is 4.02. The Labute approximate surface area is 116 Å². The standard InChI is InChI=1S/C13H24N2O2.ClH/c1-9(2)12(14)13(16)15-7-8-17-11-6-4-3-5-10(11)15;/h9-12H,3-8,14H2,1-2H3;1H/t10?,11?,12-;/m1./s1. The van der Waals surface area contributed by atoms with E-state index < -0.39 is 0 Å². The van der Waals surface area contributed by atoms with Gasteiger partial charge in [-0.25, -0.2) is 0 Å². The topological polar surface area (TPSA) is 55.6 Å². The molecule has 2 fully saturated rings. The van der Waals surface area contributed by atoms with E-state index in [1.54, 1.807) is 0 Å². The van der Waals surface area contributed by atoms with Crippen molar-refractivity contribution in [1.82, 2.24) is 4.90 Å². The molecule has 18 heavy (non-hydrogen) atoms. The third kappa shape index (κ3) is 3.16. The fraction of sp³-hybridized carbons (Fsp3) is 0.923. The Hall–Kier alpha value is -0.320. The number of halogens is 1. The Bertz CT molecular complexity index is 284. The van der Waals surface area contributed by atoms with E-state index in [1.165, 1.54) is 12.8 Å². The molecule has 1 saturated carbocycles. The second-order valence-electron chi connectivity index (χ2n) is 5.56. The molecule has 0 radical (unpaired) electrons. The highest BCUT2D eigenvalue weighted by molar-refractivity contribution is 5.85. The summed E-state index contributed by atoms with van der Waals surface area (Å²) in [5.41, 5.74) is 5.98. The normalized spacial score (nSPS) is 29.4. The molecule has 1 heterocycles. The van der Waals surface area contributed by atoms with E-state index in [0.29, 0.717) is 13.2 Å². The summed E-state index contributed by atoms with van der Waals surface area (Å²) in [6, 6.07) is -0.0922. The predicted octanol–water partition coefficient (Wildman–Crippen LogP) is 1.56. The first kappa shape index (κ1) is 15.7. The van der Waals surface area contributed by atoms with Gasteiger partial charge in [-0.3, -0.25) is 4.79 Å². The third-order valence-corrected chi connectivity index (χ3v) is 4.02. The van der Waals surface area contributed by atoms with Gasteiger partial charge in [-0.1, -0.05) is 26.7 Å². The van der Waals surface area contributed by atoms with Crippen molar-refractivity contribution < 1.29 is 9.53 Å². The first-order valence-corrected chi connectivity index (χ1v) is 6.79. The van der Waals surface area contributed by atoms with Gasteiger partial charge in [0.1, 0.15) is 0 Å². The summed E-state index contributed by atoms with van der Waals surface area (Å²) in [6.07, 6.45) is 4.83. The molecule has 2 N–H and O–H groups in total. The summed E-state index contributed by atoms with van der Waals surface area (Å²) >= 11 is 0. The van der Waals surface area contributed by atoms with E-state index in [1.807, 2.05) is 18.7 Å². The van der Waals surface area contributed by atoms with Crippen LogP contribution >= 0.6 is 12.4 Å². The smallest absolute Gasteiger partial charge is 0.240 e. The van der Waals surface area contributed by atoms with E-state index >= 15 is 0 Å². The van der Waals surface area contributed by atoms with Crippen LogP contribution in [0.2, 0.25) is 0 Å². The van der Waals surface area contributed by atoms with Crippen LogP contribution in [-0.4, -0.2) is 42.1 Å². The largest absolute Gasteiger partial charge is 0.374 e. The molecule has 2 unspecified atom stereocenters. The number of carbonyl (C=O) groups excluding carboxylic acids is 1. The molecular formula is C13H25ClN2O2. The monoisotopic (exact) mass is 276 g/mol. The molecule has 1 amide bonds. The van der Waals surface area contributed by atoms with Gasteiger partial charge in [0.05, 0.1) is 24.8 Å². The Morgan fingerprint density at radius 2 is 2.00 bits per heavy atom. The second kappa shape index (κ2) is 6.73. The van der Waals surface area contributed by atoms with Gasteiger partial charge in [-0.15, -0.1) is 12.4 Å². The summed E-state index contributed by atoms with van der Waals surface area (Å²) in [5.74, 6) is 0.313. The zero-order valence-electron chi connectivity index (χ0n) is 11.3.